The van der Waals surface area contributed by atoms with E-state index >= 15 is 0 Å². The highest BCUT2D eigenvalue weighted by atomic mass is 35.5. The van der Waals surface area contributed by atoms with Crippen molar-refractivity contribution < 1.29 is 0 Å². The summed E-state index contributed by atoms with van der Waals surface area (Å²) < 4.78 is 0. The van der Waals surface area contributed by atoms with E-state index in [0.717, 1.165) is 29.4 Å². The lowest BCUT2D eigenvalue weighted by atomic mass is 10.0. The molecule has 0 radical (unpaired) electrons. The van der Waals surface area contributed by atoms with Crippen LogP contribution >= 0.6 is 11.6 Å². The third-order valence-corrected chi connectivity index (χ3v) is 4.54. The number of nitrogen functional groups attached to an aromatic ring is 1. The van der Waals surface area contributed by atoms with Crippen LogP contribution in [-0.2, 0) is 6.54 Å². The molecule has 4 heteroatoms. The van der Waals surface area contributed by atoms with Crippen LogP contribution < -0.4 is 5.73 Å². The second-order valence-electron chi connectivity index (χ2n) is 5.39. The Hall–Kier alpha value is -0.770. The third-order valence-electron chi connectivity index (χ3n) is 4.19. The van der Waals surface area contributed by atoms with Crippen molar-refractivity contribution >= 4 is 17.3 Å². The normalized spacial score (nSPS) is 18.1. The Labute approximate surface area is 121 Å². The summed E-state index contributed by atoms with van der Waals surface area (Å²) in [7, 11) is 2.18. The molecular formula is C15H24ClN3. The third kappa shape index (κ3) is 3.62. The van der Waals surface area contributed by atoms with Gasteiger partial charge in [0.15, 0.2) is 0 Å². The summed E-state index contributed by atoms with van der Waals surface area (Å²) in [4.78, 5) is 4.90. The molecule has 1 heterocycles. The molecule has 106 valence electrons. The monoisotopic (exact) mass is 281 g/mol. The van der Waals surface area contributed by atoms with Crippen LogP contribution in [0.5, 0.6) is 0 Å². The van der Waals surface area contributed by atoms with Crippen LogP contribution in [0.15, 0.2) is 18.2 Å². The van der Waals surface area contributed by atoms with Gasteiger partial charge in [-0.2, -0.15) is 0 Å². The number of rotatable bonds is 4. The molecule has 0 saturated carbocycles. The molecule has 1 fully saturated rings. The Morgan fingerprint density at radius 1 is 1.37 bits per heavy atom. The second kappa shape index (κ2) is 6.60. The zero-order chi connectivity index (χ0) is 13.8. The van der Waals surface area contributed by atoms with Gasteiger partial charge in [0.1, 0.15) is 0 Å². The first-order valence-electron chi connectivity index (χ1n) is 7.07. The number of piperidine rings is 1. The number of nitrogens with two attached hydrogens (primary N) is 1. The smallest absolute Gasteiger partial charge is 0.0471 e. The fraction of sp³-hybridized carbons (Fsp3) is 0.600. The number of likely N-dealkylation sites (tertiary alicyclic amines) is 1. The second-order valence-corrected chi connectivity index (χ2v) is 5.80. The van der Waals surface area contributed by atoms with E-state index in [1.54, 1.807) is 0 Å². The van der Waals surface area contributed by atoms with E-state index in [-0.39, 0.29) is 0 Å². The molecule has 3 nitrogen and oxygen atoms in total. The van der Waals surface area contributed by atoms with Gasteiger partial charge in [0.05, 0.1) is 0 Å². The molecule has 0 unspecified atom stereocenters. The van der Waals surface area contributed by atoms with E-state index in [2.05, 4.69) is 23.8 Å². The average molecular weight is 282 g/mol. The maximum absolute atomic E-state index is 6.24. The first-order chi connectivity index (χ1) is 9.11. The maximum atomic E-state index is 6.24. The maximum Gasteiger partial charge on any atom is 0.0471 e. The zero-order valence-electron chi connectivity index (χ0n) is 11.9. The molecule has 0 amide bonds. The Morgan fingerprint density at radius 3 is 2.63 bits per heavy atom. The van der Waals surface area contributed by atoms with Crippen molar-refractivity contribution in [3.05, 3.63) is 28.8 Å². The Morgan fingerprint density at radius 2 is 2.05 bits per heavy atom. The van der Waals surface area contributed by atoms with Crippen molar-refractivity contribution in [3.63, 3.8) is 0 Å². The van der Waals surface area contributed by atoms with Crippen molar-refractivity contribution in [2.24, 2.45) is 0 Å². The van der Waals surface area contributed by atoms with E-state index in [1.165, 1.54) is 25.9 Å². The standard InChI is InChI=1S/C15H24ClN3/c1-3-19-9-7-12(8-10-19)18(2)11-13-14(16)5-4-6-15(13)17/h4-6,12H,3,7-11,17H2,1-2H3. The summed E-state index contributed by atoms with van der Waals surface area (Å²) in [5.41, 5.74) is 7.88. The van der Waals surface area contributed by atoms with Gasteiger partial charge >= 0.3 is 0 Å². The van der Waals surface area contributed by atoms with Crippen LogP contribution in [0.4, 0.5) is 5.69 Å². The van der Waals surface area contributed by atoms with Crippen molar-refractivity contribution in [1.82, 2.24) is 9.80 Å². The number of hydrogen-bond acceptors (Lipinski definition) is 3. The summed E-state index contributed by atoms with van der Waals surface area (Å²) >= 11 is 6.24. The van der Waals surface area contributed by atoms with Gasteiger partial charge in [0.2, 0.25) is 0 Å². The van der Waals surface area contributed by atoms with Crippen LogP contribution in [0.3, 0.4) is 0 Å². The fourth-order valence-corrected chi connectivity index (χ4v) is 3.04. The summed E-state index contributed by atoms with van der Waals surface area (Å²) in [6.07, 6.45) is 2.46. The van der Waals surface area contributed by atoms with Crippen molar-refractivity contribution in [3.8, 4) is 0 Å². The van der Waals surface area contributed by atoms with Gasteiger partial charge in [-0.05, 0) is 51.7 Å². The van der Waals surface area contributed by atoms with E-state index in [9.17, 15) is 0 Å². The average Bonchev–Trinajstić information content (AvgIpc) is 2.43. The highest BCUT2D eigenvalue weighted by Crippen LogP contribution is 2.25. The highest BCUT2D eigenvalue weighted by Gasteiger charge is 2.22. The molecule has 1 saturated heterocycles. The van der Waals surface area contributed by atoms with Gasteiger partial charge < -0.3 is 10.6 Å². The molecule has 1 aliphatic heterocycles. The van der Waals surface area contributed by atoms with E-state index in [4.69, 9.17) is 17.3 Å². The molecule has 0 bridgehead atoms. The van der Waals surface area contributed by atoms with Crippen LogP contribution in [0.1, 0.15) is 25.3 Å². The molecule has 1 aromatic rings. The summed E-state index contributed by atoms with van der Waals surface area (Å²) in [6.45, 7) is 6.62. The highest BCUT2D eigenvalue weighted by molar-refractivity contribution is 6.31. The molecule has 1 aromatic carbocycles. The minimum atomic E-state index is 0.637. The van der Waals surface area contributed by atoms with E-state index in [1.807, 2.05) is 18.2 Å². The van der Waals surface area contributed by atoms with E-state index in [0.29, 0.717) is 6.04 Å². The lowest BCUT2D eigenvalue weighted by molar-refractivity contribution is 0.127. The predicted molar refractivity (Wildman–Crippen MR) is 82.5 cm³/mol. The first kappa shape index (κ1) is 14.6. The topological polar surface area (TPSA) is 32.5 Å². The Bertz CT molecular complexity index is 394. The van der Waals surface area contributed by atoms with Gasteiger partial charge in [0, 0.05) is 28.9 Å². The Balaban J connectivity index is 1.96. The lowest BCUT2D eigenvalue weighted by Crippen LogP contribution is -2.43. The largest absolute Gasteiger partial charge is 0.398 e. The summed E-state index contributed by atoms with van der Waals surface area (Å²) in [5.74, 6) is 0. The van der Waals surface area contributed by atoms with Crippen LogP contribution in [0.2, 0.25) is 5.02 Å². The van der Waals surface area contributed by atoms with Gasteiger partial charge in [-0.3, -0.25) is 4.90 Å². The van der Waals surface area contributed by atoms with Gasteiger partial charge in [-0.15, -0.1) is 0 Å². The quantitative estimate of drug-likeness (QED) is 0.862. The SMILES string of the molecule is CCN1CCC(N(C)Cc2c(N)cccc2Cl)CC1. The number of hydrogen-bond donors (Lipinski definition) is 1. The summed E-state index contributed by atoms with van der Waals surface area (Å²) in [6, 6.07) is 6.38. The van der Waals surface area contributed by atoms with Gasteiger partial charge in [-0.25, -0.2) is 0 Å². The summed E-state index contributed by atoms with van der Waals surface area (Å²) in [5, 5.41) is 0.776. The molecule has 1 aliphatic rings. The van der Waals surface area contributed by atoms with Crippen LogP contribution in [0, 0.1) is 0 Å². The van der Waals surface area contributed by atoms with Crippen molar-refractivity contribution in [2.45, 2.75) is 32.4 Å². The molecule has 0 aromatic heterocycles. The van der Waals surface area contributed by atoms with Crippen LogP contribution in [-0.4, -0.2) is 42.5 Å². The fourth-order valence-electron chi connectivity index (χ4n) is 2.80. The predicted octanol–water partition coefficient (Wildman–Crippen LogP) is 2.84. The lowest BCUT2D eigenvalue weighted by Gasteiger charge is -2.36. The minimum Gasteiger partial charge on any atom is -0.398 e. The molecule has 2 rings (SSSR count). The van der Waals surface area contributed by atoms with Gasteiger partial charge in [0.25, 0.3) is 0 Å². The van der Waals surface area contributed by atoms with E-state index < -0.39 is 0 Å². The zero-order valence-corrected chi connectivity index (χ0v) is 12.7. The molecule has 0 aliphatic carbocycles. The van der Waals surface area contributed by atoms with Crippen molar-refractivity contribution in [1.29, 1.82) is 0 Å². The number of nitrogens with zero attached hydrogens (tertiary/aromatic N) is 2. The molecule has 19 heavy (non-hydrogen) atoms. The number of halogens is 1. The molecule has 0 spiro atoms. The molecule has 0 atom stereocenters. The minimum absolute atomic E-state index is 0.637. The van der Waals surface area contributed by atoms with Crippen LogP contribution in [0.25, 0.3) is 0 Å². The molecule has 2 N–H and O–H groups in total. The van der Waals surface area contributed by atoms with Crippen molar-refractivity contribution in [2.75, 3.05) is 32.4 Å². The molecular weight excluding hydrogens is 258 g/mol. The number of anilines is 1. The number of benzene rings is 1. The first-order valence-corrected chi connectivity index (χ1v) is 7.45. The Kier molecular flexibility index (Phi) is 5.08. The van der Waals surface area contributed by atoms with Gasteiger partial charge in [-0.1, -0.05) is 24.6 Å².